The van der Waals surface area contributed by atoms with E-state index in [1.54, 1.807) is 11.0 Å². The lowest BCUT2D eigenvalue weighted by Gasteiger charge is -2.21. The Balaban J connectivity index is 1.31. The Morgan fingerprint density at radius 3 is 2.69 bits per heavy atom. The van der Waals surface area contributed by atoms with Gasteiger partial charge in [0.05, 0.1) is 11.1 Å². The summed E-state index contributed by atoms with van der Waals surface area (Å²) in [5, 5.41) is 7.04. The summed E-state index contributed by atoms with van der Waals surface area (Å²) in [6, 6.07) is 15.7. The normalized spacial score (nSPS) is 14.5. The molecule has 6 nitrogen and oxygen atoms in total. The van der Waals surface area contributed by atoms with Gasteiger partial charge in [-0.1, -0.05) is 30.3 Å². The molecule has 0 aliphatic carbocycles. The molecular formula is C21H22N4O2S2. The molecule has 1 aliphatic heterocycles. The highest BCUT2D eigenvalue weighted by Crippen LogP contribution is 2.43. The van der Waals surface area contributed by atoms with Crippen LogP contribution < -0.4 is 10.1 Å². The van der Waals surface area contributed by atoms with E-state index >= 15 is 0 Å². The smallest absolute Gasteiger partial charge is 0.262 e. The maximum absolute atomic E-state index is 12.4. The molecule has 1 saturated heterocycles. The molecule has 0 saturated carbocycles. The first-order valence-corrected chi connectivity index (χ1v) is 11.5. The Morgan fingerprint density at radius 2 is 1.93 bits per heavy atom. The van der Waals surface area contributed by atoms with Crippen LogP contribution in [0, 0.1) is 0 Å². The minimum absolute atomic E-state index is 0.0378. The molecule has 0 bridgehead atoms. The van der Waals surface area contributed by atoms with E-state index in [1.165, 1.54) is 29.8 Å². The van der Waals surface area contributed by atoms with Crippen molar-refractivity contribution in [3.05, 3.63) is 72.3 Å². The largest absolute Gasteiger partial charge is 0.484 e. The number of hydrogen-bond donors (Lipinski definition) is 1. The predicted octanol–water partition coefficient (Wildman–Crippen LogP) is 4.21. The molecule has 1 fully saturated rings. The van der Waals surface area contributed by atoms with Gasteiger partial charge in [-0.05, 0) is 47.3 Å². The fourth-order valence-electron chi connectivity index (χ4n) is 3.01. The Labute approximate surface area is 178 Å². The standard InChI is InChI=1S/C21H22N4O2S2/c26-20(24-19-5-2-1-4-17(19)12-25-15-22-14-23-25)13-27-18-8-6-16(7-9-18)21-28-10-3-11-29-21/h1-2,4-9,14-15,21H,3,10-13H2,(H,24,26). The number of aromatic nitrogens is 3. The quantitative estimate of drug-likeness (QED) is 0.610. The summed E-state index contributed by atoms with van der Waals surface area (Å²) >= 11 is 3.98. The number of nitrogens with one attached hydrogen (secondary N) is 1. The Kier molecular flexibility index (Phi) is 6.74. The lowest BCUT2D eigenvalue weighted by Crippen LogP contribution is -2.21. The zero-order valence-electron chi connectivity index (χ0n) is 15.9. The first kappa shape index (κ1) is 19.8. The van der Waals surface area contributed by atoms with Gasteiger partial charge in [-0.25, -0.2) is 9.67 Å². The van der Waals surface area contributed by atoms with Gasteiger partial charge in [0.25, 0.3) is 5.91 Å². The second-order valence-electron chi connectivity index (χ2n) is 6.58. The molecule has 2 aromatic carbocycles. The summed E-state index contributed by atoms with van der Waals surface area (Å²) in [7, 11) is 0. The molecule has 1 N–H and O–H groups in total. The molecule has 1 aromatic heterocycles. The maximum atomic E-state index is 12.4. The van der Waals surface area contributed by atoms with Crippen molar-refractivity contribution >= 4 is 35.1 Å². The minimum atomic E-state index is -0.196. The first-order chi connectivity index (χ1) is 14.3. The van der Waals surface area contributed by atoms with Crippen molar-refractivity contribution in [2.75, 3.05) is 23.4 Å². The third kappa shape index (κ3) is 5.55. The summed E-state index contributed by atoms with van der Waals surface area (Å²) < 4.78 is 7.89. The summed E-state index contributed by atoms with van der Waals surface area (Å²) in [4.78, 5) is 16.3. The summed E-state index contributed by atoms with van der Waals surface area (Å²) in [5.41, 5.74) is 3.01. The Hall–Kier alpha value is -2.45. The van der Waals surface area contributed by atoms with Crippen LogP contribution in [-0.4, -0.2) is 38.8 Å². The zero-order chi connectivity index (χ0) is 19.9. The highest BCUT2D eigenvalue weighted by molar-refractivity contribution is 8.16. The third-order valence-electron chi connectivity index (χ3n) is 4.44. The maximum Gasteiger partial charge on any atom is 0.262 e. The number of para-hydroxylation sites is 1. The van der Waals surface area contributed by atoms with E-state index in [9.17, 15) is 4.79 Å². The zero-order valence-corrected chi connectivity index (χ0v) is 17.5. The molecule has 8 heteroatoms. The number of thioether (sulfide) groups is 2. The summed E-state index contributed by atoms with van der Waals surface area (Å²) in [6.45, 7) is 0.500. The van der Waals surface area contributed by atoms with Crippen molar-refractivity contribution in [2.45, 2.75) is 17.5 Å². The van der Waals surface area contributed by atoms with Crippen LogP contribution in [0.3, 0.4) is 0 Å². The first-order valence-electron chi connectivity index (χ1n) is 9.44. The van der Waals surface area contributed by atoms with Crippen LogP contribution in [0.25, 0.3) is 0 Å². The molecule has 0 atom stereocenters. The molecule has 2 heterocycles. The SMILES string of the molecule is O=C(COc1ccc(C2SCCCS2)cc1)Nc1ccccc1Cn1cncn1. The fraction of sp³-hybridized carbons (Fsp3) is 0.286. The number of rotatable bonds is 7. The molecule has 150 valence electrons. The lowest BCUT2D eigenvalue weighted by atomic mass is 10.2. The van der Waals surface area contributed by atoms with Gasteiger partial charge in [0.1, 0.15) is 18.4 Å². The van der Waals surface area contributed by atoms with Gasteiger partial charge in [-0.2, -0.15) is 5.10 Å². The fourth-order valence-corrected chi connectivity index (χ4v) is 5.90. The van der Waals surface area contributed by atoms with Crippen LogP contribution in [0.5, 0.6) is 5.75 Å². The van der Waals surface area contributed by atoms with E-state index in [0.29, 0.717) is 16.9 Å². The van der Waals surface area contributed by atoms with Gasteiger partial charge in [0.2, 0.25) is 0 Å². The van der Waals surface area contributed by atoms with Gasteiger partial charge in [0.15, 0.2) is 6.61 Å². The number of nitrogens with zero attached hydrogens (tertiary/aromatic N) is 3. The van der Waals surface area contributed by atoms with E-state index in [4.69, 9.17) is 4.74 Å². The monoisotopic (exact) mass is 426 g/mol. The Bertz CT molecular complexity index is 926. The highest BCUT2D eigenvalue weighted by Gasteiger charge is 2.16. The number of anilines is 1. The van der Waals surface area contributed by atoms with Crippen molar-refractivity contribution in [3.63, 3.8) is 0 Å². The van der Waals surface area contributed by atoms with Crippen molar-refractivity contribution in [1.29, 1.82) is 0 Å². The van der Waals surface area contributed by atoms with E-state index < -0.39 is 0 Å². The average molecular weight is 427 g/mol. The second kappa shape index (κ2) is 9.84. The molecule has 3 aromatic rings. The van der Waals surface area contributed by atoms with Gasteiger partial charge in [-0.3, -0.25) is 4.79 Å². The van der Waals surface area contributed by atoms with Crippen molar-refractivity contribution in [2.24, 2.45) is 0 Å². The molecule has 29 heavy (non-hydrogen) atoms. The third-order valence-corrected chi connectivity index (χ3v) is 7.45. The molecule has 0 spiro atoms. The van der Waals surface area contributed by atoms with E-state index in [0.717, 1.165) is 11.3 Å². The molecule has 4 rings (SSSR count). The number of benzene rings is 2. The summed E-state index contributed by atoms with van der Waals surface area (Å²) in [6.07, 6.45) is 4.42. The van der Waals surface area contributed by atoms with E-state index in [-0.39, 0.29) is 12.5 Å². The van der Waals surface area contributed by atoms with Gasteiger partial charge >= 0.3 is 0 Å². The average Bonchev–Trinajstić information content (AvgIpc) is 3.28. The molecule has 1 amide bonds. The second-order valence-corrected chi connectivity index (χ2v) is 9.31. The number of carbonyl (C=O) groups excluding carboxylic acids is 1. The van der Waals surface area contributed by atoms with Crippen molar-refractivity contribution in [1.82, 2.24) is 14.8 Å². The molecule has 0 unspecified atom stereocenters. The van der Waals surface area contributed by atoms with Gasteiger partial charge in [0, 0.05) is 5.69 Å². The lowest BCUT2D eigenvalue weighted by molar-refractivity contribution is -0.118. The van der Waals surface area contributed by atoms with Crippen LogP contribution in [0.2, 0.25) is 0 Å². The minimum Gasteiger partial charge on any atom is -0.484 e. The molecule has 1 aliphatic rings. The van der Waals surface area contributed by atoms with E-state index in [2.05, 4.69) is 27.5 Å². The van der Waals surface area contributed by atoms with Crippen LogP contribution >= 0.6 is 23.5 Å². The predicted molar refractivity (Wildman–Crippen MR) is 118 cm³/mol. The van der Waals surface area contributed by atoms with Gasteiger partial charge in [-0.15, -0.1) is 23.5 Å². The van der Waals surface area contributed by atoms with Crippen LogP contribution in [0.4, 0.5) is 5.69 Å². The van der Waals surface area contributed by atoms with Crippen molar-refractivity contribution in [3.8, 4) is 5.75 Å². The highest BCUT2D eigenvalue weighted by atomic mass is 32.2. The van der Waals surface area contributed by atoms with Crippen LogP contribution in [-0.2, 0) is 11.3 Å². The van der Waals surface area contributed by atoms with Gasteiger partial charge < -0.3 is 10.1 Å². The molecular weight excluding hydrogens is 404 g/mol. The van der Waals surface area contributed by atoms with Crippen LogP contribution in [0.1, 0.15) is 22.1 Å². The number of ether oxygens (including phenoxy) is 1. The Morgan fingerprint density at radius 1 is 1.14 bits per heavy atom. The molecule has 0 radical (unpaired) electrons. The topological polar surface area (TPSA) is 69.0 Å². The summed E-state index contributed by atoms with van der Waals surface area (Å²) in [5.74, 6) is 2.94. The van der Waals surface area contributed by atoms with E-state index in [1.807, 2.05) is 59.9 Å². The number of hydrogen-bond acceptors (Lipinski definition) is 6. The van der Waals surface area contributed by atoms with Crippen LogP contribution in [0.15, 0.2) is 61.2 Å². The van der Waals surface area contributed by atoms with Crippen molar-refractivity contribution < 1.29 is 9.53 Å². The number of carbonyl (C=O) groups is 1. The number of amides is 1.